The Kier molecular flexibility index (Phi) is 3.40. The van der Waals surface area contributed by atoms with E-state index in [4.69, 9.17) is 0 Å². The first-order valence-corrected chi connectivity index (χ1v) is 5.37. The SMILES string of the molecule is Cl.Cn1nc2c(c1-c1cncnc1)CCNC2. The molecule has 1 N–H and O–H groups in total. The zero-order valence-corrected chi connectivity index (χ0v) is 10.4. The van der Waals surface area contributed by atoms with Crippen LogP contribution < -0.4 is 5.32 Å². The molecule has 0 aromatic carbocycles. The molecule has 1 aliphatic heterocycles. The molecule has 1 aliphatic rings. The van der Waals surface area contributed by atoms with Crippen molar-refractivity contribution in [3.63, 3.8) is 0 Å². The fourth-order valence-electron chi connectivity index (χ4n) is 2.23. The number of halogens is 1. The Hall–Kier alpha value is -1.46. The molecule has 2 aromatic heterocycles. The molecule has 0 unspecified atom stereocenters. The van der Waals surface area contributed by atoms with Crippen molar-refractivity contribution in [1.29, 1.82) is 0 Å². The van der Waals surface area contributed by atoms with E-state index < -0.39 is 0 Å². The van der Waals surface area contributed by atoms with E-state index >= 15 is 0 Å². The molecular formula is C11H14ClN5. The summed E-state index contributed by atoms with van der Waals surface area (Å²) in [5, 5.41) is 7.85. The zero-order valence-electron chi connectivity index (χ0n) is 9.55. The van der Waals surface area contributed by atoms with Gasteiger partial charge in [0.1, 0.15) is 6.33 Å². The average Bonchev–Trinajstić information content (AvgIpc) is 2.66. The normalized spacial score (nSPS) is 13.9. The van der Waals surface area contributed by atoms with Gasteiger partial charge in [-0.25, -0.2) is 9.97 Å². The lowest BCUT2D eigenvalue weighted by molar-refractivity contribution is 0.625. The van der Waals surface area contributed by atoms with Crippen molar-refractivity contribution in [3.05, 3.63) is 30.0 Å². The van der Waals surface area contributed by atoms with Crippen LogP contribution in [-0.4, -0.2) is 26.3 Å². The quantitative estimate of drug-likeness (QED) is 0.820. The Morgan fingerprint density at radius 3 is 2.82 bits per heavy atom. The Morgan fingerprint density at radius 2 is 2.06 bits per heavy atom. The Bertz CT molecular complexity index is 508. The molecule has 6 heteroatoms. The first-order chi connectivity index (χ1) is 7.86. The van der Waals surface area contributed by atoms with Gasteiger partial charge in [-0.2, -0.15) is 5.10 Å². The van der Waals surface area contributed by atoms with Crippen molar-refractivity contribution in [3.8, 4) is 11.3 Å². The number of nitrogens with one attached hydrogen (secondary N) is 1. The molecule has 0 bridgehead atoms. The minimum Gasteiger partial charge on any atom is -0.311 e. The van der Waals surface area contributed by atoms with E-state index in [1.807, 2.05) is 24.1 Å². The van der Waals surface area contributed by atoms with Crippen LogP contribution in [0.25, 0.3) is 11.3 Å². The predicted octanol–water partition coefficient (Wildman–Crippen LogP) is 0.945. The minimum atomic E-state index is 0. The molecule has 3 rings (SSSR count). The maximum atomic E-state index is 4.53. The number of rotatable bonds is 1. The van der Waals surface area contributed by atoms with Gasteiger partial charge < -0.3 is 5.32 Å². The number of nitrogens with zero attached hydrogens (tertiary/aromatic N) is 4. The van der Waals surface area contributed by atoms with Gasteiger partial charge in [0, 0.05) is 37.1 Å². The maximum Gasteiger partial charge on any atom is 0.115 e. The van der Waals surface area contributed by atoms with Gasteiger partial charge in [0.05, 0.1) is 11.4 Å². The molecular weight excluding hydrogens is 238 g/mol. The molecule has 5 nitrogen and oxygen atoms in total. The second-order valence-electron chi connectivity index (χ2n) is 3.95. The first-order valence-electron chi connectivity index (χ1n) is 5.37. The van der Waals surface area contributed by atoms with E-state index in [0.717, 1.165) is 36.5 Å². The Balaban J connectivity index is 0.00000108. The van der Waals surface area contributed by atoms with Crippen molar-refractivity contribution >= 4 is 12.4 Å². The second-order valence-corrected chi connectivity index (χ2v) is 3.95. The van der Waals surface area contributed by atoms with Gasteiger partial charge in [-0.1, -0.05) is 0 Å². The molecule has 3 heterocycles. The third-order valence-corrected chi connectivity index (χ3v) is 2.91. The van der Waals surface area contributed by atoms with Crippen LogP contribution in [0, 0.1) is 0 Å². The molecule has 17 heavy (non-hydrogen) atoms. The summed E-state index contributed by atoms with van der Waals surface area (Å²) < 4.78 is 1.93. The fourth-order valence-corrected chi connectivity index (χ4v) is 2.23. The molecule has 0 radical (unpaired) electrons. The lowest BCUT2D eigenvalue weighted by atomic mass is 10.0. The lowest BCUT2D eigenvalue weighted by Gasteiger charge is -2.12. The second kappa shape index (κ2) is 4.81. The molecule has 0 spiro atoms. The predicted molar refractivity (Wildman–Crippen MR) is 66.9 cm³/mol. The van der Waals surface area contributed by atoms with Crippen LogP contribution in [0.1, 0.15) is 11.3 Å². The lowest BCUT2D eigenvalue weighted by Crippen LogP contribution is -2.23. The summed E-state index contributed by atoms with van der Waals surface area (Å²) in [5.74, 6) is 0. The Morgan fingerprint density at radius 1 is 1.29 bits per heavy atom. The highest BCUT2D eigenvalue weighted by atomic mass is 35.5. The highest BCUT2D eigenvalue weighted by Gasteiger charge is 2.19. The smallest absolute Gasteiger partial charge is 0.115 e. The summed E-state index contributed by atoms with van der Waals surface area (Å²) in [5.41, 5.74) is 4.67. The molecule has 90 valence electrons. The van der Waals surface area contributed by atoms with Crippen molar-refractivity contribution in [1.82, 2.24) is 25.1 Å². The molecule has 0 saturated heterocycles. The van der Waals surface area contributed by atoms with E-state index in [-0.39, 0.29) is 12.4 Å². The summed E-state index contributed by atoms with van der Waals surface area (Å²) in [6, 6.07) is 0. The Labute approximate surface area is 106 Å². The molecule has 0 aliphatic carbocycles. The van der Waals surface area contributed by atoms with Crippen LogP contribution in [0.5, 0.6) is 0 Å². The summed E-state index contributed by atoms with van der Waals surface area (Å²) in [4.78, 5) is 8.13. The number of aromatic nitrogens is 4. The maximum absolute atomic E-state index is 4.53. The van der Waals surface area contributed by atoms with Gasteiger partial charge >= 0.3 is 0 Å². The topological polar surface area (TPSA) is 55.6 Å². The van der Waals surface area contributed by atoms with Crippen LogP contribution in [0.3, 0.4) is 0 Å². The molecule has 2 aromatic rings. The zero-order chi connectivity index (χ0) is 11.0. The standard InChI is InChI=1S/C11H13N5.ClH/c1-16-11(8-4-13-7-14-5-8)9-2-3-12-6-10(9)15-16;/h4-5,7,12H,2-3,6H2,1H3;1H. The number of aryl methyl sites for hydroxylation is 1. The van der Waals surface area contributed by atoms with Crippen LogP contribution >= 0.6 is 12.4 Å². The molecule has 0 amide bonds. The molecule has 0 fully saturated rings. The third kappa shape index (κ3) is 2.03. The molecule has 0 atom stereocenters. The van der Waals surface area contributed by atoms with E-state index in [9.17, 15) is 0 Å². The van der Waals surface area contributed by atoms with Gasteiger partial charge in [-0.15, -0.1) is 12.4 Å². The largest absolute Gasteiger partial charge is 0.311 e. The van der Waals surface area contributed by atoms with Gasteiger partial charge in [0.15, 0.2) is 0 Å². The van der Waals surface area contributed by atoms with Crippen molar-refractivity contribution < 1.29 is 0 Å². The van der Waals surface area contributed by atoms with E-state index in [2.05, 4.69) is 20.4 Å². The number of hydrogen-bond donors (Lipinski definition) is 1. The van der Waals surface area contributed by atoms with Gasteiger partial charge in [0.2, 0.25) is 0 Å². The highest BCUT2D eigenvalue weighted by molar-refractivity contribution is 5.85. The third-order valence-electron chi connectivity index (χ3n) is 2.91. The minimum absolute atomic E-state index is 0. The highest BCUT2D eigenvalue weighted by Crippen LogP contribution is 2.26. The first kappa shape index (κ1) is 12.0. The average molecular weight is 252 g/mol. The number of fused-ring (bicyclic) bond motifs is 1. The summed E-state index contributed by atoms with van der Waals surface area (Å²) in [6.07, 6.45) is 6.25. The number of hydrogen-bond acceptors (Lipinski definition) is 4. The monoisotopic (exact) mass is 251 g/mol. The van der Waals surface area contributed by atoms with Crippen molar-refractivity contribution in [2.75, 3.05) is 6.54 Å². The van der Waals surface area contributed by atoms with Crippen LogP contribution in [0.4, 0.5) is 0 Å². The van der Waals surface area contributed by atoms with Crippen molar-refractivity contribution in [2.24, 2.45) is 7.05 Å². The summed E-state index contributed by atoms with van der Waals surface area (Å²) in [6.45, 7) is 1.87. The van der Waals surface area contributed by atoms with Gasteiger partial charge in [-0.3, -0.25) is 4.68 Å². The van der Waals surface area contributed by atoms with Gasteiger partial charge in [0.25, 0.3) is 0 Å². The molecule has 0 saturated carbocycles. The van der Waals surface area contributed by atoms with Gasteiger partial charge in [-0.05, 0) is 13.0 Å². The fraction of sp³-hybridized carbons (Fsp3) is 0.364. The summed E-state index contributed by atoms with van der Waals surface area (Å²) in [7, 11) is 1.97. The van der Waals surface area contributed by atoms with Crippen LogP contribution in [0.2, 0.25) is 0 Å². The van der Waals surface area contributed by atoms with E-state index in [1.165, 1.54) is 5.56 Å². The van der Waals surface area contributed by atoms with Crippen molar-refractivity contribution in [2.45, 2.75) is 13.0 Å². The van der Waals surface area contributed by atoms with E-state index in [0.29, 0.717) is 0 Å². The van der Waals surface area contributed by atoms with Crippen LogP contribution in [0.15, 0.2) is 18.7 Å². The van der Waals surface area contributed by atoms with Crippen LogP contribution in [-0.2, 0) is 20.0 Å². The summed E-state index contributed by atoms with van der Waals surface area (Å²) >= 11 is 0. The van der Waals surface area contributed by atoms with E-state index in [1.54, 1.807) is 6.33 Å².